The normalized spacial score (nSPS) is 18.5. The van der Waals surface area contributed by atoms with Crippen molar-refractivity contribution in [1.82, 2.24) is 4.90 Å². The van der Waals surface area contributed by atoms with Crippen molar-refractivity contribution in [2.45, 2.75) is 51.6 Å². The summed E-state index contributed by atoms with van der Waals surface area (Å²) in [7, 11) is 0. The van der Waals surface area contributed by atoms with Crippen LogP contribution < -0.4 is 11.1 Å². The van der Waals surface area contributed by atoms with Crippen LogP contribution in [0, 0.1) is 0 Å². The number of hydrogen-bond donors (Lipinski definition) is 2. The largest absolute Gasteiger partial charge is 0.329 e. The van der Waals surface area contributed by atoms with Crippen LogP contribution in [0.25, 0.3) is 0 Å². The summed E-state index contributed by atoms with van der Waals surface area (Å²) in [5.41, 5.74) is 7.97. The molecular weight excluding hydrogens is 262 g/mol. The van der Waals surface area contributed by atoms with Crippen LogP contribution >= 0.6 is 0 Å². The Labute approximate surface area is 127 Å². The van der Waals surface area contributed by atoms with Gasteiger partial charge in [-0.3, -0.25) is 9.69 Å². The highest BCUT2D eigenvalue weighted by atomic mass is 16.2. The smallest absolute Gasteiger partial charge is 0.241 e. The maximum atomic E-state index is 12.6. The van der Waals surface area contributed by atoms with Gasteiger partial charge in [0.1, 0.15) is 0 Å². The van der Waals surface area contributed by atoms with Crippen LogP contribution in [0.1, 0.15) is 38.7 Å². The molecule has 3 N–H and O–H groups in total. The molecular formula is C17H27N3O. The molecule has 1 heterocycles. The average molecular weight is 289 g/mol. The first-order chi connectivity index (χ1) is 10.2. The first-order valence-electron chi connectivity index (χ1n) is 8.05. The molecule has 1 amide bonds. The standard InChI is InChI=1S/C17H27N3O/c1-3-14(4-2)20(12-11-18)16-10-9-13-7-5-6-8-15(13)19-17(16)21/h5-8,14,16H,3-4,9-12,18H2,1-2H3,(H,19,21). The fourth-order valence-electron chi connectivity index (χ4n) is 3.32. The predicted molar refractivity (Wildman–Crippen MR) is 87.3 cm³/mol. The highest BCUT2D eigenvalue weighted by Crippen LogP contribution is 2.25. The van der Waals surface area contributed by atoms with Gasteiger partial charge < -0.3 is 11.1 Å². The Morgan fingerprint density at radius 1 is 1.33 bits per heavy atom. The van der Waals surface area contributed by atoms with Gasteiger partial charge in [0.25, 0.3) is 0 Å². The van der Waals surface area contributed by atoms with E-state index in [1.807, 2.05) is 18.2 Å². The van der Waals surface area contributed by atoms with Crippen LogP contribution in [0.3, 0.4) is 0 Å². The summed E-state index contributed by atoms with van der Waals surface area (Å²) < 4.78 is 0. The van der Waals surface area contributed by atoms with E-state index < -0.39 is 0 Å². The van der Waals surface area contributed by atoms with Crippen LogP contribution in [-0.4, -0.2) is 36.0 Å². The maximum absolute atomic E-state index is 12.6. The third kappa shape index (κ3) is 3.63. The molecule has 21 heavy (non-hydrogen) atoms. The number of carbonyl (C=O) groups is 1. The second-order valence-electron chi connectivity index (χ2n) is 5.70. The summed E-state index contributed by atoms with van der Waals surface area (Å²) in [5.74, 6) is 0.111. The monoisotopic (exact) mass is 289 g/mol. The Balaban J connectivity index is 2.20. The number of amides is 1. The number of rotatable bonds is 6. The van der Waals surface area contributed by atoms with Crippen molar-refractivity contribution in [2.24, 2.45) is 5.73 Å². The number of para-hydroxylation sites is 1. The van der Waals surface area contributed by atoms with Crippen molar-refractivity contribution in [3.8, 4) is 0 Å². The fraction of sp³-hybridized carbons (Fsp3) is 0.588. The van der Waals surface area contributed by atoms with Crippen molar-refractivity contribution < 1.29 is 4.79 Å². The Morgan fingerprint density at radius 3 is 2.71 bits per heavy atom. The molecule has 1 atom stereocenters. The molecule has 0 fully saturated rings. The minimum atomic E-state index is -0.0779. The second-order valence-corrected chi connectivity index (χ2v) is 5.70. The lowest BCUT2D eigenvalue weighted by Gasteiger charge is -2.35. The van der Waals surface area contributed by atoms with Gasteiger partial charge in [0.05, 0.1) is 6.04 Å². The van der Waals surface area contributed by atoms with Crippen LogP contribution in [0.4, 0.5) is 5.69 Å². The van der Waals surface area contributed by atoms with Crippen LogP contribution in [0.5, 0.6) is 0 Å². The zero-order chi connectivity index (χ0) is 15.2. The van der Waals surface area contributed by atoms with E-state index in [9.17, 15) is 4.79 Å². The topological polar surface area (TPSA) is 58.4 Å². The van der Waals surface area contributed by atoms with Crippen LogP contribution in [0.15, 0.2) is 24.3 Å². The quantitative estimate of drug-likeness (QED) is 0.845. The molecule has 0 saturated heterocycles. The van der Waals surface area contributed by atoms with Gasteiger partial charge in [-0.1, -0.05) is 32.0 Å². The van der Waals surface area contributed by atoms with Gasteiger partial charge in [-0.2, -0.15) is 0 Å². The van der Waals surface area contributed by atoms with E-state index in [4.69, 9.17) is 5.73 Å². The first kappa shape index (κ1) is 16.0. The molecule has 0 aliphatic carbocycles. The molecule has 1 aromatic rings. The molecule has 0 radical (unpaired) electrons. The van der Waals surface area contributed by atoms with E-state index >= 15 is 0 Å². The number of carbonyl (C=O) groups excluding carboxylic acids is 1. The van der Waals surface area contributed by atoms with E-state index in [0.717, 1.165) is 37.9 Å². The van der Waals surface area contributed by atoms with E-state index in [1.165, 1.54) is 5.56 Å². The third-order valence-electron chi connectivity index (χ3n) is 4.46. The fourth-order valence-corrected chi connectivity index (χ4v) is 3.32. The molecule has 1 unspecified atom stereocenters. The molecule has 0 aromatic heterocycles. The third-order valence-corrected chi connectivity index (χ3v) is 4.46. The maximum Gasteiger partial charge on any atom is 0.241 e. The summed E-state index contributed by atoms with van der Waals surface area (Å²) in [5, 5.41) is 3.09. The highest BCUT2D eigenvalue weighted by Gasteiger charge is 2.31. The molecule has 1 aliphatic heterocycles. The number of nitrogens with zero attached hydrogens (tertiary/aromatic N) is 1. The van der Waals surface area contributed by atoms with Gasteiger partial charge in [-0.05, 0) is 37.3 Å². The minimum Gasteiger partial charge on any atom is -0.329 e. The molecule has 0 saturated carbocycles. The lowest BCUT2D eigenvalue weighted by Crippen LogP contribution is -2.50. The van der Waals surface area contributed by atoms with Crippen molar-refractivity contribution in [3.05, 3.63) is 29.8 Å². The SMILES string of the molecule is CCC(CC)N(CCN)C1CCc2ccccc2NC1=O. The second kappa shape index (κ2) is 7.57. The average Bonchev–Trinajstić information content (AvgIpc) is 2.66. The summed E-state index contributed by atoms with van der Waals surface area (Å²) in [4.78, 5) is 14.9. The van der Waals surface area contributed by atoms with Crippen molar-refractivity contribution in [2.75, 3.05) is 18.4 Å². The van der Waals surface area contributed by atoms with Crippen LogP contribution in [0.2, 0.25) is 0 Å². The van der Waals surface area contributed by atoms with Crippen molar-refractivity contribution in [3.63, 3.8) is 0 Å². The highest BCUT2D eigenvalue weighted by molar-refractivity contribution is 5.96. The molecule has 4 nitrogen and oxygen atoms in total. The lowest BCUT2D eigenvalue weighted by atomic mass is 10.0. The zero-order valence-corrected chi connectivity index (χ0v) is 13.1. The van der Waals surface area contributed by atoms with Gasteiger partial charge in [-0.15, -0.1) is 0 Å². The first-order valence-corrected chi connectivity index (χ1v) is 8.05. The van der Waals surface area contributed by atoms with Gasteiger partial charge in [0.15, 0.2) is 0 Å². The number of aryl methyl sites for hydroxylation is 1. The summed E-state index contributed by atoms with van der Waals surface area (Å²) in [6.45, 7) is 5.73. The van der Waals surface area contributed by atoms with E-state index in [0.29, 0.717) is 12.6 Å². The van der Waals surface area contributed by atoms with E-state index in [-0.39, 0.29) is 11.9 Å². The van der Waals surface area contributed by atoms with Gasteiger partial charge >= 0.3 is 0 Å². The molecule has 1 aliphatic rings. The summed E-state index contributed by atoms with van der Waals surface area (Å²) >= 11 is 0. The number of fused-ring (bicyclic) bond motifs is 1. The molecule has 0 bridgehead atoms. The van der Waals surface area contributed by atoms with Gasteiger partial charge in [0, 0.05) is 24.8 Å². The molecule has 2 rings (SSSR count). The lowest BCUT2D eigenvalue weighted by molar-refractivity contribution is -0.122. The van der Waals surface area contributed by atoms with E-state index in [1.54, 1.807) is 0 Å². The number of nitrogens with two attached hydrogens (primary N) is 1. The van der Waals surface area contributed by atoms with Crippen molar-refractivity contribution >= 4 is 11.6 Å². The number of hydrogen-bond acceptors (Lipinski definition) is 3. The Morgan fingerprint density at radius 2 is 2.05 bits per heavy atom. The molecule has 0 spiro atoms. The number of benzene rings is 1. The Bertz CT molecular complexity index is 471. The number of nitrogens with one attached hydrogen (secondary N) is 1. The van der Waals surface area contributed by atoms with E-state index in [2.05, 4.69) is 30.1 Å². The Hall–Kier alpha value is -1.39. The summed E-state index contributed by atoms with van der Waals surface area (Å²) in [6, 6.07) is 8.43. The van der Waals surface area contributed by atoms with Gasteiger partial charge in [-0.25, -0.2) is 0 Å². The van der Waals surface area contributed by atoms with Crippen LogP contribution in [-0.2, 0) is 11.2 Å². The van der Waals surface area contributed by atoms with Crippen molar-refractivity contribution in [1.29, 1.82) is 0 Å². The molecule has 116 valence electrons. The number of anilines is 1. The molecule has 1 aromatic carbocycles. The van der Waals surface area contributed by atoms with Gasteiger partial charge in [0.2, 0.25) is 5.91 Å². The molecule has 4 heteroatoms. The zero-order valence-electron chi connectivity index (χ0n) is 13.1. The summed E-state index contributed by atoms with van der Waals surface area (Å²) in [6.07, 6.45) is 3.89. The Kier molecular flexibility index (Phi) is 5.76. The predicted octanol–water partition coefficient (Wildman–Crippen LogP) is 2.39. The minimum absolute atomic E-state index is 0.0779.